The highest BCUT2D eigenvalue weighted by molar-refractivity contribution is 5.89. The monoisotopic (exact) mass is 318 g/mol. The standard InChI is InChI=1S/C17H19FN2O3/c1-23-16-9-5-2-6-13(16)12-20(10-11-21)17(22)19-15-8-4-3-7-14(15)18/h2-9,21H,10-12H2,1H3,(H,19,22). The minimum Gasteiger partial charge on any atom is -0.496 e. The van der Waals surface area contributed by atoms with Crippen molar-refractivity contribution in [1.29, 1.82) is 0 Å². The van der Waals surface area contributed by atoms with E-state index in [1.54, 1.807) is 25.3 Å². The molecule has 0 aliphatic heterocycles. The fourth-order valence-electron chi connectivity index (χ4n) is 2.17. The van der Waals surface area contributed by atoms with E-state index in [-0.39, 0.29) is 25.4 Å². The van der Waals surface area contributed by atoms with Gasteiger partial charge in [-0.2, -0.15) is 0 Å². The van der Waals surface area contributed by atoms with Gasteiger partial charge in [0, 0.05) is 12.1 Å². The van der Waals surface area contributed by atoms with Crippen molar-refractivity contribution in [1.82, 2.24) is 4.90 Å². The number of aliphatic hydroxyl groups excluding tert-OH is 1. The van der Waals surface area contributed by atoms with E-state index < -0.39 is 11.8 Å². The molecule has 0 heterocycles. The Morgan fingerprint density at radius 3 is 2.61 bits per heavy atom. The molecule has 0 saturated heterocycles. The van der Waals surface area contributed by atoms with Crippen LogP contribution in [0.4, 0.5) is 14.9 Å². The van der Waals surface area contributed by atoms with Crippen LogP contribution in [-0.4, -0.2) is 36.3 Å². The number of carbonyl (C=O) groups excluding carboxylic acids is 1. The molecule has 0 atom stereocenters. The normalized spacial score (nSPS) is 10.2. The van der Waals surface area contributed by atoms with Crippen LogP contribution in [0, 0.1) is 5.82 Å². The molecule has 2 aromatic carbocycles. The molecule has 0 aliphatic rings. The van der Waals surface area contributed by atoms with Crippen LogP contribution in [0.5, 0.6) is 5.75 Å². The van der Waals surface area contributed by atoms with Gasteiger partial charge in [0.25, 0.3) is 0 Å². The van der Waals surface area contributed by atoms with Crippen molar-refractivity contribution < 1.29 is 19.0 Å². The molecular formula is C17H19FN2O3. The SMILES string of the molecule is COc1ccccc1CN(CCO)C(=O)Nc1ccccc1F. The maximum Gasteiger partial charge on any atom is 0.322 e. The van der Waals surface area contributed by atoms with Gasteiger partial charge < -0.3 is 20.1 Å². The summed E-state index contributed by atoms with van der Waals surface area (Å²) < 4.78 is 18.9. The van der Waals surface area contributed by atoms with E-state index in [1.807, 2.05) is 18.2 Å². The van der Waals surface area contributed by atoms with Crippen LogP contribution in [0.3, 0.4) is 0 Å². The zero-order chi connectivity index (χ0) is 16.7. The fraction of sp³-hybridized carbons (Fsp3) is 0.235. The molecule has 2 aromatic rings. The molecule has 2 amide bonds. The molecule has 0 bridgehead atoms. The van der Waals surface area contributed by atoms with Crippen LogP contribution >= 0.6 is 0 Å². The number of urea groups is 1. The number of para-hydroxylation sites is 2. The molecule has 5 nitrogen and oxygen atoms in total. The second-order valence-corrected chi connectivity index (χ2v) is 4.87. The van der Waals surface area contributed by atoms with Crippen LogP contribution in [0.15, 0.2) is 48.5 Å². The van der Waals surface area contributed by atoms with Gasteiger partial charge in [0.15, 0.2) is 0 Å². The number of ether oxygens (including phenoxy) is 1. The summed E-state index contributed by atoms with van der Waals surface area (Å²) in [5, 5.41) is 11.7. The minimum atomic E-state index is -0.512. The lowest BCUT2D eigenvalue weighted by molar-refractivity contribution is 0.184. The maximum atomic E-state index is 13.6. The molecule has 2 rings (SSSR count). The maximum absolute atomic E-state index is 13.6. The molecule has 0 spiro atoms. The number of hydrogen-bond acceptors (Lipinski definition) is 3. The van der Waals surface area contributed by atoms with Crippen LogP contribution in [0.2, 0.25) is 0 Å². The Balaban J connectivity index is 2.14. The van der Waals surface area contributed by atoms with Gasteiger partial charge in [-0.25, -0.2) is 9.18 Å². The molecule has 6 heteroatoms. The van der Waals surface area contributed by atoms with Crippen LogP contribution < -0.4 is 10.1 Å². The quantitative estimate of drug-likeness (QED) is 0.861. The third kappa shape index (κ3) is 4.43. The fourth-order valence-corrected chi connectivity index (χ4v) is 2.17. The van der Waals surface area contributed by atoms with E-state index in [2.05, 4.69) is 5.32 Å². The Hall–Kier alpha value is -2.60. The lowest BCUT2D eigenvalue weighted by Gasteiger charge is -2.23. The first-order valence-electron chi connectivity index (χ1n) is 7.19. The summed E-state index contributed by atoms with van der Waals surface area (Å²) in [7, 11) is 1.55. The highest BCUT2D eigenvalue weighted by atomic mass is 19.1. The average Bonchev–Trinajstić information content (AvgIpc) is 2.57. The third-order valence-corrected chi connectivity index (χ3v) is 3.33. The summed E-state index contributed by atoms with van der Waals surface area (Å²) in [6.07, 6.45) is 0. The van der Waals surface area contributed by atoms with Gasteiger partial charge in [-0.05, 0) is 18.2 Å². The van der Waals surface area contributed by atoms with Crippen molar-refractivity contribution in [3.63, 3.8) is 0 Å². The molecular weight excluding hydrogens is 299 g/mol. The van der Waals surface area contributed by atoms with Crippen LogP contribution in [0.1, 0.15) is 5.56 Å². The number of nitrogens with zero attached hydrogens (tertiary/aromatic N) is 1. The Morgan fingerprint density at radius 2 is 1.91 bits per heavy atom. The summed E-state index contributed by atoms with van der Waals surface area (Å²) in [6.45, 7) is 0.170. The molecule has 23 heavy (non-hydrogen) atoms. The number of carbonyl (C=O) groups is 1. The number of nitrogens with one attached hydrogen (secondary N) is 1. The first-order valence-corrected chi connectivity index (χ1v) is 7.19. The van der Waals surface area contributed by atoms with Gasteiger partial charge >= 0.3 is 6.03 Å². The number of rotatable bonds is 6. The highest BCUT2D eigenvalue weighted by Crippen LogP contribution is 2.20. The summed E-state index contributed by atoms with van der Waals surface area (Å²) in [6, 6.07) is 12.7. The molecule has 0 saturated carbocycles. The number of hydrogen-bond donors (Lipinski definition) is 2. The minimum absolute atomic E-state index is 0.0977. The van der Waals surface area contributed by atoms with Crippen LogP contribution in [-0.2, 0) is 6.54 Å². The largest absolute Gasteiger partial charge is 0.496 e. The molecule has 122 valence electrons. The smallest absolute Gasteiger partial charge is 0.322 e. The average molecular weight is 318 g/mol. The van der Waals surface area contributed by atoms with Crippen molar-refractivity contribution in [3.8, 4) is 5.75 Å². The Morgan fingerprint density at radius 1 is 1.22 bits per heavy atom. The lowest BCUT2D eigenvalue weighted by Crippen LogP contribution is -2.36. The molecule has 0 fully saturated rings. The molecule has 2 N–H and O–H groups in total. The number of methoxy groups -OCH3 is 1. The van der Waals surface area contributed by atoms with E-state index in [4.69, 9.17) is 4.74 Å². The summed E-state index contributed by atoms with van der Waals surface area (Å²) in [5.74, 6) is 0.135. The number of amides is 2. The molecule has 0 unspecified atom stereocenters. The zero-order valence-corrected chi connectivity index (χ0v) is 12.8. The Bertz CT molecular complexity index is 664. The van der Waals surface area contributed by atoms with E-state index >= 15 is 0 Å². The van der Waals surface area contributed by atoms with Crippen molar-refractivity contribution in [2.45, 2.75) is 6.54 Å². The predicted molar refractivity (Wildman–Crippen MR) is 85.9 cm³/mol. The van der Waals surface area contributed by atoms with Crippen LogP contribution in [0.25, 0.3) is 0 Å². The summed E-state index contributed by atoms with van der Waals surface area (Å²) >= 11 is 0. The number of anilines is 1. The van der Waals surface area contributed by atoms with Gasteiger partial charge in [-0.3, -0.25) is 0 Å². The summed E-state index contributed by atoms with van der Waals surface area (Å²) in [4.78, 5) is 13.7. The van der Waals surface area contributed by atoms with Crippen molar-refractivity contribution in [2.24, 2.45) is 0 Å². The van der Waals surface area contributed by atoms with Gasteiger partial charge in [-0.1, -0.05) is 30.3 Å². The van der Waals surface area contributed by atoms with Crippen molar-refractivity contribution in [2.75, 3.05) is 25.6 Å². The highest BCUT2D eigenvalue weighted by Gasteiger charge is 2.16. The zero-order valence-electron chi connectivity index (χ0n) is 12.8. The van der Waals surface area contributed by atoms with Gasteiger partial charge in [0.1, 0.15) is 11.6 Å². The number of aliphatic hydroxyl groups is 1. The second kappa shape index (κ2) is 8.14. The van der Waals surface area contributed by atoms with Gasteiger partial charge in [-0.15, -0.1) is 0 Å². The van der Waals surface area contributed by atoms with Gasteiger partial charge in [0.2, 0.25) is 0 Å². The number of benzene rings is 2. The van der Waals surface area contributed by atoms with E-state index in [0.29, 0.717) is 5.75 Å². The molecule has 0 aromatic heterocycles. The second-order valence-electron chi connectivity index (χ2n) is 4.87. The van der Waals surface area contributed by atoms with E-state index in [0.717, 1.165) is 5.56 Å². The van der Waals surface area contributed by atoms with Crippen molar-refractivity contribution >= 4 is 11.7 Å². The van der Waals surface area contributed by atoms with Gasteiger partial charge in [0.05, 0.1) is 25.9 Å². The van der Waals surface area contributed by atoms with E-state index in [1.165, 1.54) is 17.0 Å². The first kappa shape index (κ1) is 16.8. The lowest BCUT2D eigenvalue weighted by atomic mass is 10.2. The molecule has 0 radical (unpaired) electrons. The molecule has 0 aliphatic carbocycles. The predicted octanol–water partition coefficient (Wildman–Crippen LogP) is 2.86. The van der Waals surface area contributed by atoms with Crippen molar-refractivity contribution in [3.05, 3.63) is 59.9 Å². The third-order valence-electron chi connectivity index (χ3n) is 3.33. The summed E-state index contributed by atoms with van der Waals surface area (Å²) in [5.41, 5.74) is 0.896. The van der Waals surface area contributed by atoms with E-state index in [9.17, 15) is 14.3 Å². The Labute approximate surface area is 134 Å². The topological polar surface area (TPSA) is 61.8 Å². The number of halogens is 1. The first-order chi connectivity index (χ1) is 11.2. The Kier molecular flexibility index (Phi) is 5.94.